The SMILES string of the molecule is Cc1cc(F)ccc1NC(=O)c1ccc2c(c1)CCCN2. The Bertz CT molecular complexity index is 697. The van der Waals surface area contributed by atoms with Crippen molar-refractivity contribution in [2.75, 3.05) is 17.2 Å². The topological polar surface area (TPSA) is 41.1 Å². The Balaban J connectivity index is 1.82. The normalized spacial score (nSPS) is 13.2. The number of halogens is 1. The second kappa shape index (κ2) is 5.56. The predicted molar refractivity (Wildman–Crippen MR) is 82.3 cm³/mol. The van der Waals surface area contributed by atoms with Gasteiger partial charge in [-0.25, -0.2) is 4.39 Å². The largest absolute Gasteiger partial charge is 0.385 e. The van der Waals surface area contributed by atoms with Gasteiger partial charge in [-0.3, -0.25) is 4.79 Å². The van der Waals surface area contributed by atoms with Gasteiger partial charge in [-0.1, -0.05) is 0 Å². The molecule has 0 spiro atoms. The third kappa shape index (κ3) is 2.89. The van der Waals surface area contributed by atoms with E-state index in [1.54, 1.807) is 13.0 Å². The summed E-state index contributed by atoms with van der Waals surface area (Å²) in [6.45, 7) is 2.75. The first-order valence-corrected chi connectivity index (χ1v) is 7.08. The maximum Gasteiger partial charge on any atom is 0.255 e. The average Bonchev–Trinajstić information content (AvgIpc) is 2.49. The van der Waals surface area contributed by atoms with Gasteiger partial charge in [-0.15, -0.1) is 0 Å². The van der Waals surface area contributed by atoms with E-state index >= 15 is 0 Å². The number of anilines is 2. The summed E-state index contributed by atoms with van der Waals surface area (Å²) < 4.78 is 13.1. The van der Waals surface area contributed by atoms with Gasteiger partial charge in [0.25, 0.3) is 5.91 Å². The number of hydrogen-bond acceptors (Lipinski definition) is 2. The van der Waals surface area contributed by atoms with Gasteiger partial charge < -0.3 is 10.6 Å². The van der Waals surface area contributed by atoms with Gasteiger partial charge in [0.05, 0.1) is 0 Å². The van der Waals surface area contributed by atoms with Crippen LogP contribution in [-0.4, -0.2) is 12.5 Å². The molecule has 1 aliphatic heterocycles. The van der Waals surface area contributed by atoms with E-state index in [0.29, 0.717) is 16.8 Å². The molecular formula is C17H17FN2O. The quantitative estimate of drug-likeness (QED) is 0.882. The molecule has 4 heteroatoms. The smallest absolute Gasteiger partial charge is 0.255 e. The average molecular weight is 284 g/mol. The molecular weight excluding hydrogens is 267 g/mol. The van der Waals surface area contributed by atoms with Crippen LogP contribution in [0.2, 0.25) is 0 Å². The van der Waals surface area contributed by atoms with Gasteiger partial charge in [0.1, 0.15) is 5.82 Å². The molecule has 1 heterocycles. The van der Waals surface area contributed by atoms with Crippen LogP contribution in [-0.2, 0) is 6.42 Å². The van der Waals surface area contributed by atoms with Gasteiger partial charge >= 0.3 is 0 Å². The Hall–Kier alpha value is -2.36. The fraction of sp³-hybridized carbons (Fsp3) is 0.235. The second-order valence-electron chi connectivity index (χ2n) is 5.32. The summed E-state index contributed by atoms with van der Waals surface area (Å²) in [6, 6.07) is 10.0. The van der Waals surface area contributed by atoms with Crippen molar-refractivity contribution < 1.29 is 9.18 Å². The highest BCUT2D eigenvalue weighted by molar-refractivity contribution is 6.05. The van der Waals surface area contributed by atoms with Crippen LogP contribution in [0.4, 0.5) is 15.8 Å². The van der Waals surface area contributed by atoms with E-state index in [4.69, 9.17) is 0 Å². The first kappa shape index (κ1) is 13.6. The fourth-order valence-corrected chi connectivity index (χ4v) is 2.58. The molecule has 3 rings (SSSR count). The Morgan fingerprint density at radius 3 is 2.90 bits per heavy atom. The van der Waals surface area contributed by atoms with Crippen LogP contribution < -0.4 is 10.6 Å². The van der Waals surface area contributed by atoms with Crippen molar-refractivity contribution in [1.29, 1.82) is 0 Å². The number of carbonyl (C=O) groups is 1. The molecule has 0 saturated heterocycles. The van der Waals surface area contributed by atoms with E-state index in [2.05, 4.69) is 10.6 Å². The second-order valence-corrected chi connectivity index (χ2v) is 5.32. The lowest BCUT2D eigenvalue weighted by Crippen LogP contribution is -2.16. The van der Waals surface area contributed by atoms with E-state index < -0.39 is 0 Å². The maximum absolute atomic E-state index is 13.1. The summed E-state index contributed by atoms with van der Waals surface area (Å²) in [5, 5.41) is 6.15. The summed E-state index contributed by atoms with van der Waals surface area (Å²) in [7, 11) is 0. The molecule has 2 N–H and O–H groups in total. The molecule has 2 aromatic rings. The molecule has 0 aliphatic carbocycles. The number of carbonyl (C=O) groups excluding carboxylic acids is 1. The lowest BCUT2D eigenvalue weighted by Gasteiger charge is -2.18. The van der Waals surface area contributed by atoms with Crippen molar-refractivity contribution >= 4 is 17.3 Å². The zero-order valence-corrected chi connectivity index (χ0v) is 11.9. The van der Waals surface area contributed by atoms with Crippen molar-refractivity contribution in [2.24, 2.45) is 0 Å². The van der Waals surface area contributed by atoms with Crippen molar-refractivity contribution in [1.82, 2.24) is 0 Å². The lowest BCUT2D eigenvalue weighted by atomic mass is 10.0. The van der Waals surface area contributed by atoms with Gasteiger partial charge in [-0.05, 0) is 67.3 Å². The number of fused-ring (bicyclic) bond motifs is 1. The number of nitrogens with one attached hydrogen (secondary N) is 2. The van der Waals surface area contributed by atoms with Crippen LogP contribution in [0, 0.1) is 12.7 Å². The van der Waals surface area contributed by atoms with E-state index in [1.807, 2.05) is 18.2 Å². The van der Waals surface area contributed by atoms with Crippen LogP contribution in [0.5, 0.6) is 0 Å². The minimum Gasteiger partial charge on any atom is -0.385 e. The highest BCUT2D eigenvalue weighted by Crippen LogP contribution is 2.24. The standard InChI is InChI=1S/C17H17FN2O/c1-11-9-14(18)5-7-15(11)20-17(21)13-4-6-16-12(10-13)3-2-8-19-16/h4-7,9-10,19H,2-3,8H2,1H3,(H,20,21). The van der Waals surface area contributed by atoms with E-state index in [0.717, 1.165) is 25.1 Å². The third-order valence-corrected chi connectivity index (χ3v) is 3.74. The molecule has 0 atom stereocenters. The molecule has 2 aromatic carbocycles. The predicted octanol–water partition coefficient (Wildman–Crippen LogP) is 3.74. The Labute approximate surface area is 123 Å². The highest BCUT2D eigenvalue weighted by Gasteiger charge is 2.13. The highest BCUT2D eigenvalue weighted by atomic mass is 19.1. The van der Waals surface area contributed by atoms with E-state index in [1.165, 1.54) is 17.7 Å². The molecule has 3 nitrogen and oxygen atoms in total. The number of amides is 1. The van der Waals surface area contributed by atoms with Crippen LogP contribution >= 0.6 is 0 Å². The summed E-state index contributed by atoms with van der Waals surface area (Å²) in [4.78, 5) is 12.3. The van der Waals surface area contributed by atoms with Crippen LogP contribution in [0.3, 0.4) is 0 Å². The number of benzene rings is 2. The lowest BCUT2D eigenvalue weighted by molar-refractivity contribution is 0.102. The van der Waals surface area contributed by atoms with Gasteiger partial charge in [0.15, 0.2) is 0 Å². The molecule has 0 saturated carbocycles. The summed E-state index contributed by atoms with van der Waals surface area (Å²) in [5.74, 6) is -0.469. The zero-order valence-electron chi connectivity index (χ0n) is 11.9. The monoisotopic (exact) mass is 284 g/mol. The molecule has 0 unspecified atom stereocenters. The minimum absolute atomic E-state index is 0.168. The van der Waals surface area contributed by atoms with E-state index in [9.17, 15) is 9.18 Å². The maximum atomic E-state index is 13.1. The van der Waals surface area contributed by atoms with Crippen LogP contribution in [0.25, 0.3) is 0 Å². The molecule has 21 heavy (non-hydrogen) atoms. The zero-order chi connectivity index (χ0) is 14.8. The van der Waals surface area contributed by atoms with Crippen molar-refractivity contribution in [3.05, 3.63) is 58.9 Å². The van der Waals surface area contributed by atoms with Gasteiger partial charge in [0.2, 0.25) is 0 Å². The minimum atomic E-state index is -0.301. The number of hydrogen-bond donors (Lipinski definition) is 2. The molecule has 1 aliphatic rings. The molecule has 108 valence electrons. The van der Waals surface area contributed by atoms with Crippen molar-refractivity contribution in [2.45, 2.75) is 19.8 Å². The third-order valence-electron chi connectivity index (χ3n) is 3.74. The number of rotatable bonds is 2. The van der Waals surface area contributed by atoms with Crippen LogP contribution in [0.1, 0.15) is 27.9 Å². The Morgan fingerprint density at radius 2 is 2.10 bits per heavy atom. The van der Waals surface area contributed by atoms with E-state index in [-0.39, 0.29) is 11.7 Å². The molecule has 0 aromatic heterocycles. The first-order valence-electron chi connectivity index (χ1n) is 7.08. The molecule has 1 amide bonds. The van der Waals surface area contributed by atoms with Gasteiger partial charge in [0, 0.05) is 23.5 Å². The summed E-state index contributed by atoms with van der Waals surface area (Å²) in [6.07, 6.45) is 2.06. The number of aryl methyl sites for hydroxylation is 2. The fourth-order valence-electron chi connectivity index (χ4n) is 2.58. The molecule has 0 bridgehead atoms. The Kier molecular flexibility index (Phi) is 3.60. The van der Waals surface area contributed by atoms with Gasteiger partial charge in [-0.2, -0.15) is 0 Å². The first-order chi connectivity index (χ1) is 10.1. The van der Waals surface area contributed by atoms with Crippen LogP contribution in [0.15, 0.2) is 36.4 Å². The van der Waals surface area contributed by atoms with Crippen molar-refractivity contribution in [3.8, 4) is 0 Å². The molecule has 0 fully saturated rings. The summed E-state index contributed by atoms with van der Waals surface area (Å²) >= 11 is 0. The Morgan fingerprint density at radius 1 is 1.24 bits per heavy atom. The molecule has 0 radical (unpaired) electrons. The van der Waals surface area contributed by atoms with Crippen molar-refractivity contribution in [3.63, 3.8) is 0 Å². The summed E-state index contributed by atoms with van der Waals surface area (Å²) in [5.41, 5.74) is 4.25.